The lowest BCUT2D eigenvalue weighted by molar-refractivity contribution is -0.138. The van der Waals surface area contributed by atoms with Gasteiger partial charge in [-0.05, 0) is 48.7 Å². The van der Waals surface area contributed by atoms with Crippen molar-refractivity contribution in [2.45, 2.75) is 23.5 Å². The van der Waals surface area contributed by atoms with Gasteiger partial charge in [-0.2, -0.15) is 0 Å². The van der Waals surface area contributed by atoms with Crippen molar-refractivity contribution in [2.75, 3.05) is 25.2 Å². The number of rotatable bonds is 5. The molecule has 1 amide bonds. The van der Waals surface area contributed by atoms with Gasteiger partial charge in [0.05, 0.1) is 17.3 Å². The first-order valence-electron chi connectivity index (χ1n) is 9.76. The third kappa shape index (κ3) is 4.58. The maximum Gasteiger partial charge on any atom is 0.334 e. The van der Waals surface area contributed by atoms with Crippen LogP contribution in [-0.2, 0) is 4.79 Å². The molecule has 1 atom stereocenters. The Morgan fingerprint density at radius 1 is 1.10 bits per heavy atom. The minimum Gasteiger partial charge on any atom is -0.496 e. The van der Waals surface area contributed by atoms with Gasteiger partial charge in [-0.15, -0.1) is 23.5 Å². The van der Waals surface area contributed by atoms with Crippen LogP contribution in [-0.4, -0.2) is 48.0 Å². The lowest BCUT2D eigenvalue weighted by Gasteiger charge is -2.24. The van der Waals surface area contributed by atoms with Crippen molar-refractivity contribution in [1.29, 1.82) is 0 Å². The van der Waals surface area contributed by atoms with Crippen LogP contribution in [0, 0.1) is 0 Å². The first kappa shape index (κ1) is 21.4. The predicted molar refractivity (Wildman–Crippen MR) is 122 cm³/mol. The molecule has 0 aliphatic carbocycles. The summed E-state index contributed by atoms with van der Waals surface area (Å²) in [4.78, 5) is 27.5. The molecule has 0 saturated carbocycles. The summed E-state index contributed by atoms with van der Waals surface area (Å²) in [5.74, 6) is 2.56. The molecular weight excluding hydrogens is 442 g/mol. The molecule has 0 aromatic heterocycles. The number of thioether (sulfide) groups is 2. The average Bonchev–Trinajstić information content (AvgIpc) is 3.46. The summed E-state index contributed by atoms with van der Waals surface area (Å²) in [6, 6.07) is 11.9. The third-order valence-electron chi connectivity index (χ3n) is 5.17. The molecule has 8 heteroatoms. The first-order chi connectivity index (χ1) is 14.6. The summed E-state index contributed by atoms with van der Waals surface area (Å²) in [5, 5.41) is 0.441. The maximum absolute atomic E-state index is 13.1. The molecule has 2 saturated heterocycles. The Hall–Kier alpha value is -1.83. The summed E-state index contributed by atoms with van der Waals surface area (Å²) in [6.07, 6.45) is 1.31. The Kier molecular flexibility index (Phi) is 6.80. The van der Waals surface area contributed by atoms with E-state index in [1.165, 1.54) is 12.7 Å². The van der Waals surface area contributed by atoms with Gasteiger partial charge in [0.1, 0.15) is 17.5 Å². The van der Waals surface area contributed by atoms with Gasteiger partial charge in [0, 0.05) is 23.1 Å². The van der Waals surface area contributed by atoms with Crippen LogP contribution in [0.15, 0.2) is 42.5 Å². The van der Waals surface area contributed by atoms with Crippen LogP contribution in [0.5, 0.6) is 11.5 Å². The Balaban J connectivity index is 1.46. The number of ether oxygens (including phenoxy) is 2. The Morgan fingerprint density at radius 3 is 2.53 bits per heavy atom. The summed E-state index contributed by atoms with van der Waals surface area (Å²) >= 11 is 9.93. The predicted octanol–water partition coefficient (Wildman–Crippen LogP) is 5.04. The summed E-state index contributed by atoms with van der Waals surface area (Å²) in [7, 11) is 1.50. The van der Waals surface area contributed by atoms with Gasteiger partial charge in [0.2, 0.25) is 0 Å². The van der Waals surface area contributed by atoms with Gasteiger partial charge in [0.25, 0.3) is 5.91 Å². The minimum absolute atomic E-state index is 0.278. The van der Waals surface area contributed by atoms with E-state index in [0.29, 0.717) is 39.6 Å². The quantitative estimate of drug-likeness (QED) is 0.457. The van der Waals surface area contributed by atoms with Gasteiger partial charge in [-0.1, -0.05) is 23.7 Å². The summed E-state index contributed by atoms with van der Waals surface area (Å²) < 4.78 is 11.4. The van der Waals surface area contributed by atoms with Crippen LogP contribution < -0.4 is 9.47 Å². The Bertz CT molecular complexity index is 931. The topological polar surface area (TPSA) is 55.8 Å². The van der Waals surface area contributed by atoms with Crippen molar-refractivity contribution in [3.63, 3.8) is 0 Å². The van der Waals surface area contributed by atoms with E-state index in [1.54, 1.807) is 23.1 Å². The second kappa shape index (κ2) is 9.54. The molecule has 0 N–H and O–H groups in total. The largest absolute Gasteiger partial charge is 0.496 e. The van der Waals surface area contributed by atoms with E-state index in [4.69, 9.17) is 21.1 Å². The molecule has 2 aliphatic heterocycles. The van der Waals surface area contributed by atoms with Crippen LogP contribution >= 0.6 is 35.1 Å². The lowest BCUT2D eigenvalue weighted by atomic mass is 10.1. The van der Waals surface area contributed by atoms with E-state index in [2.05, 4.69) is 0 Å². The van der Waals surface area contributed by atoms with Crippen LogP contribution in [0.3, 0.4) is 0 Å². The molecule has 0 radical (unpaired) electrons. The molecule has 158 valence electrons. The van der Waals surface area contributed by atoms with E-state index in [9.17, 15) is 9.59 Å². The lowest BCUT2D eigenvalue weighted by Crippen LogP contribution is -2.42. The summed E-state index contributed by atoms with van der Waals surface area (Å²) in [5.41, 5.74) is 1.58. The fraction of sp³-hybridized carbons (Fsp3) is 0.364. The first-order valence-corrected chi connectivity index (χ1v) is 12.2. The number of hydrogen-bond donors (Lipinski definition) is 0. The second-order valence-corrected chi connectivity index (χ2v) is 10.2. The SMILES string of the molecule is COc1ccc(Cl)cc1C(=O)N1CCCC1C(=O)Oc1ccc(C2SCCS2)cc1. The van der Waals surface area contributed by atoms with E-state index >= 15 is 0 Å². The standard InChI is InChI=1S/C22H22ClNO4S2/c1-27-19-9-6-15(23)13-17(19)20(25)24-10-2-3-18(24)21(26)28-16-7-4-14(5-8-16)22-29-11-12-30-22/h4-9,13,18,22H,2-3,10-12H2,1H3. The van der Waals surface area contributed by atoms with Crippen molar-refractivity contribution in [1.82, 2.24) is 4.90 Å². The highest BCUT2D eigenvalue weighted by Crippen LogP contribution is 2.45. The average molecular weight is 464 g/mol. The highest BCUT2D eigenvalue weighted by atomic mass is 35.5. The molecule has 0 spiro atoms. The second-order valence-electron chi connectivity index (χ2n) is 7.06. The molecule has 2 aliphatic rings. The molecule has 5 nitrogen and oxygen atoms in total. The highest BCUT2D eigenvalue weighted by Gasteiger charge is 2.37. The molecule has 2 aromatic rings. The number of carbonyl (C=O) groups excluding carboxylic acids is 2. The number of nitrogens with zero attached hydrogens (tertiary/aromatic N) is 1. The van der Waals surface area contributed by atoms with E-state index in [1.807, 2.05) is 47.8 Å². The molecule has 4 rings (SSSR count). The van der Waals surface area contributed by atoms with E-state index in [0.717, 1.165) is 17.9 Å². The van der Waals surface area contributed by atoms with Crippen molar-refractivity contribution >= 4 is 47.0 Å². The van der Waals surface area contributed by atoms with Crippen LogP contribution in [0.1, 0.15) is 33.3 Å². The Labute approximate surface area is 189 Å². The number of esters is 1. The number of amides is 1. The number of benzene rings is 2. The van der Waals surface area contributed by atoms with Crippen LogP contribution in [0.2, 0.25) is 5.02 Å². The molecule has 2 aromatic carbocycles. The van der Waals surface area contributed by atoms with Gasteiger partial charge in [-0.25, -0.2) is 4.79 Å². The zero-order valence-corrected chi connectivity index (χ0v) is 18.9. The van der Waals surface area contributed by atoms with Crippen LogP contribution in [0.25, 0.3) is 0 Å². The third-order valence-corrected chi connectivity index (χ3v) is 8.51. The van der Waals surface area contributed by atoms with Crippen LogP contribution in [0.4, 0.5) is 0 Å². The molecule has 30 heavy (non-hydrogen) atoms. The molecule has 2 heterocycles. The number of halogens is 1. The number of hydrogen-bond acceptors (Lipinski definition) is 6. The smallest absolute Gasteiger partial charge is 0.334 e. The zero-order chi connectivity index (χ0) is 21.1. The maximum atomic E-state index is 13.1. The van der Waals surface area contributed by atoms with Gasteiger partial charge in [0.15, 0.2) is 0 Å². The monoisotopic (exact) mass is 463 g/mol. The van der Waals surface area contributed by atoms with Gasteiger partial charge >= 0.3 is 5.97 Å². The number of likely N-dealkylation sites (tertiary alicyclic amines) is 1. The normalized spacial score (nSPS) is 19.1. The van der Waals surface area contributed by atoms with Gasteiger partial charge in [-0.3, -0.25) is 4.79 Å². The molecule has 1 unspecified atom stereocenters. The Morgan fingerprint density at radius 2 is 1.83 bits per heavy atom. The summed E-state index contributed by atoms with van der Waals surface area (Å²) in [6.45, 7) is 0.489. The number of carbonyl (C=O) groups is 2. The minimum atomic E-state index is -0.623. The van der Waals surface area contributed by atoms with E-state index < -0.39 is 12.0 Å². The molecular formula is C22H22ClNO4S2. The van der Waals surface area contributed by atoms with E-state index in [-0.39, 0.29) is 5.91 Å². The zero-order valence-electron chi connectivity index (χ0n) is 16.5. The fourth-order valence-corrected chi connectivity index (χ4v) is 6.72. The van der Waals surface area contributed by atoms with Crippen molar-refractivity contribution in [3.8, 4) is 11.5 Å². The molecule has 0 bridgehead atoms. The van der Waals surface area contributed by atoms with Crippen molar-refractivity contribution < 1.29 is 19.1 Å². The molecule has 2 fully saturated rings. The van der Waals surface area contributed by atoms with Gasteiger partial charge < -0.3 is 14.4 Å². The highest BCUT2D eigenvalue weighted by molar-refractivity contribution is 8.19. The fourth-order valence-electron chi connectivity index (χ4n) is 3.68. The number of methoxy groups -OCH3 is 1. The van der Waals surface area contributed by atoms with Crippen molar-refractivity contribution in [2.24, 2.45) is 0 Å². The van der Waals surface area contributed by atoms with Crippen molar-refractivity contribution in [3.05, 3.63) is 58.6 Å².